The van der Waals surface area contributed by atoms with E-state index < -0.39 is 10.9 Å². The minimum Gasteiger partial charge on any atom is -0.462 e. The van der Waals surface area contributed by atoms with E-state index in [1.807, 2.05) is 0 Å². The van der Waals surface area contributed by atoms with Crippen LogP contribution in [0.5, 0.6) is 0 Å². The first-order valence-corrected chi connectivity index (χ1v) is 5.17. The number of carbonyl (C=O) groups is 1. The molecule has 0 radical (unpaired) electrons. The lowest BCUT2D eigenvalue weighted by Crippen LogP contribution is -2.10. The van der Waals surface area contributed by atoms with Gasteiger partial charge >= 0.3 is 5.97 Å². The lowest BCUT2D eigenvalue weighted by Gasteiger charge is -2.06. The number of nitrogen functional groups attached to an aromatic ring is 1. The zero-order valence-electron chi connectivity index (χ0n) is 8.40. The van der Waals surface area contributed by atoms with Crippen LogP contribution < -0.4 is 5.73 Å². The normalized spacial score (nSPS) is 9.88. The van der Waals surface area contributed by atoms with Gasteiger partial charge in [0.2, 0.25) is 0 Å². The van der Waals surface area contributed by atoms with Crippen molar-refractivity contribution in [3.63, 3.8) is 0 Å². The monoisotopic (exact) mass is 288 g/mol. The molecule has 0 heterocycles. The van der Waals surface area contributed by atoms with E-state index in [9.17, 15) is 14.9 Å². The number of nitrogens with two attached hydrogens (primary N) is 1. The van der Waals surface area contributed by atoms with Gasteiger partial charge in [-0.05, 0) is 28.9 Å². The van der Waals surface area contributed by atoms with Crippen LogP contribution in [-0.2, 0) is 4.74 Å². The largest absolute Gasteiger partial charge is 0.462 e. The summed E-state index contributed by atoms with van der Waals surface area (Å²) in [5.41, 5.74) is 5.30. The first-order valence-electron chi connectivity index (χ1n) is 4.38. The number of nitrogens with zero attached hydrogens (tertiary/aromatic N) is 1. The maximum atomic E-state index is 11.5. The highest BCUT2D eigenvalue weighted by atomic mass is 79.9. The van der Waals surface area contributed by atoms with Crippen LogP contribution in [-0.4, -0.2) is 17.5 Å². The van der Waals surface area contributed by atoms with Gasteiger partial charge in [0.1, 0.15) is 0 Å². The van der Waals surface area contributed by atoms with Gasteiger partial charge in [0.05, 0.1) is 16.0 Å². The standard InChI is InChI=1S/C9H9BrN2O4/c1-2-16-9(13)7-6(12(14)15)4-3-5(11)8(7)10/h3-4H,2,11H2,1H3. The number of hydrogen-bond acceptors (Lipinski definition) is 5. The van der Waals surface area contributed by atoms with Crippen LogP contribution in [0.3, 0.4) is 0 Å². The van der Waals surface area contributed by atoms with E-state index in [0.717, 1.165) is 0 Å². The molecular formula is C9H9BrN2O4. The van der Waals surface area contributed by atoms with Gasteiger partial charge in [-0.3, -0.25) is 10.1 Å². The molecule has 1 aromatic carbocycles. The van der Waals surface area contributed by atoms with Crippen LogP contribution in [0.4, 0.5) is 11.4 Å². The highest BCUT2D eigenvalue weighted by Crippen LogP contribution is 2.32. The average Bonchev–Trinajstić information content (AvgIpc) is 2.21. The summed E-state index contributed by atoms with van der Waals surface area (Å²) in [5.74, 6) is -0.770. The highest BCUT2D eigenvalue weighted by Gasteiger charge is 2.25. The predicted molar refractivity (Wildman–Crippen MR) is 61.2 cm³/mol. The van der Waals surface area contributed by atoms with Crippen LogP contribution in [0.15, 0.2) is 16.6 Å². The molecule has 0 aromatic heterocycles. The Morgan fingerprint density at radius 2 is 2.25 bits per heavy atom. The van der Waals surface area contributed by atoms with Crippen molar-refractivity contribution in [3.8, 4) is 0 Å². The number of halogens is 1. The maximum Gasteiger partial charge on any atom is 0.346 e. The second-order valence-electron chi connectivity index (χ2n) is 2.84. The van der Waals surface area contributed by atoms with Gasteiger partial charge in [0.15, 0.2) is 5.56 Å². The van der Waals surface area contributed by atoms with Crippen molar-refractivity contribution in [2.24, 2.45) is 0 Å². The van der Waals surface area contributed by atoms with Gasteiger partial charge in [-0.15, -0.1) is 0 Å². The summed E-state index contributed by atoms with van der Waals surface area (Å²) in [6.07, 6.45) is 0. The molecule has 0 aliphatic rings. The van der Waals surface area contributed by atoms with Gasteiger partial charge in [0, 0.05) is 11.8 Å². The molecule has 16 heavy (non-hydrogen) atoms. The van der Waals surface area contributed by atoms with Gasteiger partial charge in [-0.25, -0.2) is 4.79 Å². The number of rotatable bonds is 3. The van der Waals surface area contributed by atoms with Gasteiger partial charge in [0.25, 0.3) is 5.69 Å². The zero-order valence-corrected chi connectivity index (χ0v) is 9.98. The third-order valence-corrected chi connectivity index (χ3v) is 2.68. The van der Waals surface area contributed by atoms with E-state index in [2.05, 4.69) is 15.9 Å². The molecular weight excluding hydrogens is 280 g/mol. The van der Waals surface area contributed by atoms with Gasteiger partial charge in [-0.1, -0.05) is 0 Å². The maximum absolute atomic E-state index is 11.5. The summed E-state index contributed by atoms with van der Waals surface area (Å²) in [7, 11) is 0. The number of carbonyl (C=O) groups excluding carboxylic acids is 1. The Labute approximate surface area is 99.7 Å². The van der Waals surface area contributed by atoms with E-state index in [0.29, 0.717) is 0 Å². The number of esters is 1. The quantitative estimate of drug-likeness (QED) is 0.398. The smallest absolute Gasteiger partial charge is 0.346 e. The highest BCUT2D eigenvalue weighted by molar-refractivity contribution is 9.10. The lowest BCUT2D eigenvalue weighted by molar-refractivity contribution is -0.385. The fourth-order valence-corrected chi connectivity index (χ4v) is 1.63. The Hall–Kier alpha value is -1.63. The van der Waals surface area contributed by atoms with E-state index in [4.69, 9.17) is 10.5 Å². The Bertz CT molecular complexity index is 447. The van der Waals surface area contributed by atoms with Crippen molar-refractivity contribution in [1.29, 1.82) is 0 Å². The topological polar surface area (TPSA) is 95.5 Å². The molecule has 0 atom stereocenters. The van der Waals surface area contributed by atoms with E-state index in [1.165, 1.54) is 12.1 Å². The van der Waals surface area contributed by atoms with Crippen molar-refractivity contribution in [3.05, 3.63) is 32.3 Å². The molecule has 0 bridgehead atoms. The molecule has 0 aliphatic heterocycles. The zero-order chi connectivity index (χ0) is 12.3. The molecule has 86 valence electrons. The molecule has 0 amide bonds. The molecule has 0 saturated carbocycles. The van der Waals surface area contributed by atoms with Crippen LogP contribution >= 0.6 is 15.9 Å². The van der Waals surface area contributed by atoms with Crippen LogP contribution in [0.1, 0.15) is 17.3 Å². The van der Waals surface area contributed by atoms with E-state index >= 15 is 0 Å². The predicted octanol–water partition coefficient (Wildman–Crippen LogP) is 2.12. The SMILES string of the molecule is CCOC(=O)c1c([N+](=O)[O-])ccc(N)c1Br. The summed E-state index contributed by atoms with van der Waals surface area (Å²) >= 11 is 3.04. The van der Waals surface area contributed by atoms with Crippen LogP contribution in [0, 0.1) is 10.1 Å². The van der Waals surface area contributed by atoms with Crippen molar-refractivity contribution < 1.29 is 14.5 Å². The van der Waals surface area contributed by atoms with Crippen molar-refractivity contribution in [2.75, 3.05) is 12.3 Å². The number of nitro groups is 1. The molecule has 0 spiro atoms. The Kier molecular flexibility index (Phi) is 3.83. The third-order valence-electron chi connectivity index (χ3n) is 1.83. The molecule has 0 unspecified atom stereocenters. The summed E-state index contributed by atoms with van der Waals surface area (Å²) in [6.45, 7) is 1.75. The van der Waals surface area contributed by atoms with Crippen molar-refractivity contribution >= 4 is 33.3 Å². The van der Waals surface area contributed by atoms with E-state index in [1.54, 1.807) is 6.92 Å². The summed E-state index contributed by atoms with van der Waals surface area (Å²) in [5, 5.41) is 10.7. The van der Waals surface area contributed by atoms with Crippen LogP contribution in [0.2, 0.25) is 0 Å². The molecule has 0 saturated heterocycles. The molecule has 1 rings (SSSR count). The number of hydrogen-bond donors (Lipinski definition) is 1. The Morgan fingerprint density at radius 1 is 1.62 bits per heavy atom. The van der Waals surface area contributed by atoms with Gasteiger partial charge < -0.3 is 10.5 Å². The van der Waals surface area contributed by atoms with Gasteiger partial charge in [-0.2, -0.15) is 0 Å². The lowest BCUT2D eigenvalue weighted by atomic mass is 10.1. The Morgan fingerprint density at radius 3 is 2.75 bits per heavy atom. The number of benzene rings is 1. The second-order valence-corrected chi connectivity index (χ2v) is 3.63. The minimum atomic E-state index is -0.770. The van der Waals surface area contributed by atoms with Crippen molar-refractivity contribution in [1.82, 2.24) is 0 Å². The molecule has 0 aliphatic carbocycles. The first kappa shape index (κ1) is 12.4. The fourth-order valence-electron chi connectivity index (χ4n) is 1.13. The third kappa shape index (κ3) is 2.30. The fraction of sp³-hybridized carbons (Fsp3) is 0.222. The molecule has 0 fully saturated rings. The summed E-state index contributed by atoms with van der Waals surface area (Å²) < 4.78 is 4.91. The molecule has 6 nitrogen and oxygen atoms in total. The molecule has 2 N–H and O–H groups in total. The summed E-state index contributed by atoms with van der Waals surface area (Å²) in [4.78, 5) is 21.6. The van der Waals surface area contributed by atoms with Crippen molar-refractivity contribution in [2.45, 2.75) is 6.92 Å². The molecule has 1 aromatic rings. The van der Waals surface area contributed by atoms with E-state index in [-0.39, 0.29) is 28.0 Å². The average molecular weight is 289 g/mol. The number of nitro benzene ring substituents is 1. The van der Waals surface area contributed by atoms with Crippen LogP contribution in [0.25, 0.3) is 0 Å². The second kappa shape index (κ2) is 4.93. The number of anilines is 1. The summed E-state index contributed by atoms with van der Waals surface area (Å²) in [6, 6.07) is 2.53. The minimum absolute atomic E-state index is 0.136. The number of ether oxygens (including phenoxy) is 1. The molecule has 7 heteroatoms. The first-order chi connectivity index (χ1) is 7.49. The Balaban J connectivity index is 3.37.